The minimum Gasteiger partial charge on any atom is -0.454 e. The van der Waals surface area contributed by atoms with Gasteiger partial charge in [-0.05, 0) is 31.7 Å². The van der Waals surface area contributed by atoms with Gasteiger partial charge in [-0.2, -0.15) is 4.98 Å². The highest BCUT2D eigenvalue weighted by Crippen LogP contribution is 2.35. The second kappa shape index (κ2) is 10.9. The van der Waals surface area contributed by atoms with E-state index >= 15 is 0 Å². The van der Waals surface area contributed by atoms with Crippen LogP contribution in [0.1, 0.15) is 5.56 Å². The predicted molar refractivity (Wildman–Crippen MR) is 145 cm³/mol. The number of aromatic nitrogens is 5. The van der Waals surface area contributed by atoms with Gasteiger partial charge < -0.3 is 28.7 Å². The summed E-state index contributed by atoms with van der Waals surface area (Å²) in [4.78, 5) is 39.8. The van der Waals surface area contributed by atoms with E-state index in [0.717, 1.165) is 12.1 Å². The summed E-state index contributed by atoms with van der Waals surface area (Å²) in [6.07, 6.45) is 3.32. The first-order valence-corrected chi connectivity index (χ1v) is 12.4. The number of morpholine rings is 1. The molecule has 1 unspecified atom stereocenters. The van der Waals surface area contributed by atoms with Gasteiger partial charge in [0.1, 0.15) is 27.8 Å². The maximum absolute atomic E-state index is 12.5. The molecule has 0 spiro atoms. The number of amides is 1. The van der Waals surface area contributed by atoms with E-state index in [2.05, 4.69) is 25.6 Å². The molecule has 1 amide bonds. The first-order chi connectivity index (χ1) is 18.7. The number of rotatable bonds is 6. The number of anilines is 3. The Morgan fingerprint density at radius 2 is 2.05 bits per heavy atom. The molecule has 1 saturated heterocycles. The highest BCUT2D eigenvalue weighted by atomic mass is 35.5. The van der Waals surface area contributed by atoms with Gasteiger partial charge in [0.05, 0.1) is 19.3 Å². The molecule has 0 aliphatic carbocycles. The normalized spacial score (nSPS) is 15.8. The van der Waals surface area contributed by atoms with Crippen LogP contribution >= 0.6 is 11.6 Å². The fourth-order valence-electron chi connectivity index (χ4n) is 4.12. The van der Waals surface area contributed by atoms with Crippen LogP contribution in [0.4, 0.5) is 22.2 Å². The van der Waals surface area contributed by atoms with Gasteiger partial charge in [0.25, 0.3) is 5.56 Å². The van der Waals surface area contributed by atoms with Gasteiger partial charge >= 0.3 is 6.09 Å². The largest absolute Gasteiger partial charge is 0.454 e. The molecular weight excluding hydrogens is 528 g/mol. The number of hydrogen-bond donors (Lipinski definition) is 2. The van der Waals surface area contributed by atoms with Crippen molar-refractivity contribution < 1.29 is 19.0 Å². The number of hydrogen-bond acceptors (Lipinski definition) is 10. The molecule has 1 aliphatic rings. The summed E-state index contributed by atoms with van der Waals surface area (Å²) in [5.74, 6) is 1.24. The average molecular weight is 555 g/mol. The molecule has 0 saturated carbocycles. The number of nitrogens with one attached hydrogen (secondary N) is 2. The Labute approximate surface area is 228 Å². The van der Waals surface area contributed by atoms with E-state index in [1.54, 1.807) is 37.0 Å². The van der Waals surface area contributed by atoms with Gasteiger partial charge in [-0.25, -0.2) is 14.8 Å². The highest BCUT2D eigenvalue weighted by Gasteiger charge is 2.22. The molecule has 2 N–H and O–H groups in total. The Hall–Kier alpha value is -4.20. The molecule has 1 fully saturated rings. The van der Waals surface area contributed by atoms with Crippen molar-refractivity contribution >= 4 is 46.3 Å². The van der Waals surface area contributed by atoms with Crippen molar-refractivity contribution in [1.82, 2.24) is 29.0 Å². The van der Waals surface area contributed by atoms with Crippen LogP contribution in [-0.4, -0.2) is 68.1 Å². The van der Waals surface area contributed by atoms with E-state index in [4.69, 9.17) is 25.8 Å². The van der Waals surface area contributed by atoms with Gasteiger partial charge in [-0.15, -0.1) is 0 Å². The monoisotopic (exact) mass is 554 g/mol. The van der Waals surface area contributed by atoms with Crippen LogP contribution in [0.3, 0.4) is 0 Å². The number of ether oxygens (including phenoxy) is 3. The van der Waals surface area contributed by atoms with Gasteiger partial charge in [-0.1, -0.05) is 11.6 Å². The molecule has 0 radical (unpaired) electrons. The quantitative estimate of drug-likeness (QED) is 0.364. The molecule has 5 heterocycles. The summed E-state index contributed by atoms with van der Waals surface area (Å²) in [5.41, 5.74) is 1.98. The second-order valence-corrected chi connectivity index (χ2v) is 9.52. The average Bonchev–Trinajstić information content (AvgIpc) is 3.19. The number of fused-ring (bicyclic) bond motifs is 1. The van der Waals surface area contributed by atoms with Crippen molar-refractivity contribution in [3.05, 3.63) is 57.7 Å². The maximum atomic E-state index is 12.5. The molecule has 4 aromatic heterocycles. The van der Waals surface area contributed by atoms with E-state index in [1.807, 2.05) is 18.9 Å². The summed E-state index contributed by atoms with van der Waals surface area (Å²) in [5, 5.41) is 5.91. The van der Waals surface area contributed by atoms with Crippen LogP contribution in [0.15, 0.2) is 41.6 Å². The topological polar surface area (TPSA) is 138 Å². The first kappa shape index (κ1) is 26.4. The number of aryl methyl sites for hydroxylation is 3. The molecular formula is C25H27ClN8O5. The Kier molecular flexibility index (Phi) is 7.37. The zero-order valence-corrected chi connectivity index (χ0v) is 22.5. The van der Waals surface area contributed by atoms with Crippen LogP contribution in [-0.2, 0) is 23.6 Å². The van der Waals surface area contributed by atoms with Crippen molar-refractivity contribution in [3.8, 4) is 11.5 Å². The fourth-order valence-corrected chi connectivity index (χ4v) is 4.42. The molecule has 39 heavy (non-hydrogen) atoms. The Balaban J connectivity index is 1.33. The molecule has 5 rings (SSSR count). The van der Waals surface area contributed by atoms with Crippen molar-refractivity contribution in [3.63, 3.8) is 0 Å². The van der Waals surface area contributed by atoms with Crippen molar-refractivity contribution in [2.24, 2.45) is 14.1 Å². The van der Waals surface area contributed by atoms with E-state index in [0.29, 0.717) is 41.7 Å². The molecule has 14 heteroatoms. The van der Waals surface area contributed by atoms with Gasteiger partial charge in [-0.3, -0.25) is 15.0 Å². The summed E-state index contributed by atoms with van der Waals surface area (Å²) < 4.78 is 19.9. The third-order valence-electron chi connectivity index (χ3n) is 6.04. The van der Waals surface area contributed by atoms with Crippen LogP contribution in [0.2, 0.25) is 5.02 Å². The molecule has 4 aromatic rings. The van der Waals surface area contributed by atoms with Crippen LogP contribution in [0.5, 0.6) is 11.5 Å². The van der Waals surface area contributed by atoms with Crippen molar-refractivity contribution in [2.45, 2.75) is 13.2 Å². The maximum Gasteiger partial charge on any atom is 0.415 e. The smallest absolute Gasteiger partial charge is 0.415 e. The lowest BCUT2D eigenvalue weighted by atomic mass is 10.3. The van der Waals surface area contributed by atoms with Crippen LogP contribution < -0.4 is 20.9 Å². The Morgan fingerprint density at radius 3 is 2.85 bits per heavy atom. The molecule has 1 aliphatic heterocycles. The number of nitrogens with zero attached hydrogens (tertiary/aromatic N) is 6. The van der Waals surface area contributed by atoms with Gasteiger partial charge in [0.2, 0.25) is 12.2 Å². The molecule has 1 atom stereocenters. The Bertz CT molecular complexity index is 1600. The summed E-state index contributed by atoms with van der Waals surface area (Å²) in [6, 6.07) is 4.89. The zero-order valence-electron chi connectivity index (χ0n) is 21.8. The van der Waals surface area contributed by atoms with E-state index < -0.39 is 12.4 Å². The number of likely N-dealkylation sites (N-methyl/N-ethyl adjacent to an activating group) is 1. The molecule has 204 valence electrons. The lowest BCUT2D eigenvalue weighted by molar-refractivity contribution is -0.140. The van der Waals surface area contributed by atoms with E-state index in [-0.39, 0.29) is 22.1 Å². The van der Waals surface area contributed by atoms with E-state index in [1.165, 1.54) is 23.0 Å². The minimum absolute atomic E-state index is 0.194. The molecule has 0 aromatic carbocycles. The SMILES string of the molecule is Cc1cc(Nc2nc3ncc(Oc4ccnc(NC(=O)OC5CN(C)CCO5)c4)c(Cl)c3n2C)c(=O)n(C)c1. The summed E-state index contributed by atoms with van der Waals surface area (Å²) in [7, 11) is 5.36. The molecule has 0 bridgehead atoms. The van der Waals surface area contributed by atoms with Gasteiger partial charge in [0.15, 0.2) is 11.4 Å². The third-order valence-corrected chi connectivity index (χ3v) is 6.40. The van der Waals surface area contributed by atoms with Crippen molar-refractivity contribution in [1.29, 1.82) is 0 Å². The minimum atomic E-state index is -0.695. The fraction of sp³-hybridized carbons (Fsp3) is 0.320. The third kappa shape index (κ3) is 5.79. The number of halogens is 1. The highest BCUT2D eigenvalue weighted by molar-refractivity contribution is 6.36. The van der Waals surface area contributed by atoms with Gasteiger partial charge in [0, 0.05) is 39.1 Å². The standard InChI is InChI=1S/C25H27ClN8O5/c1-14-9-16(23(35)33(3)12-14)29-24-31-22-21(34(24)4)20(26)17(11-28-22)38-15-5-6-27-18(10-15)30-25(36)39-19-13-32(2)7-8-37-19/h5-6,9-12,19H,7-8,13H2,1-4H3,(H,27,30,36)(H,28,29,31). The summed E-state index contributed by atoms with van der Waals surface area (Å²) >= 11 is 6.70. The number of imidazole rings is 1. The first-order valence-electron chi connectivity index (χ1n) is 12.0. The number of carbonyl (C=O) groups excluding carboxylic acids is 1. The second-order valence-electron chi connectivity index (χ2n) is 9.15. The number of pyridine rings is 3. The van der Waals surface area contributed by atoms with Crippen LogP contribution in [0, 0.1) is 6.92 Å². The number of carbonyl (C=O) groups is 1. The van der Waals surface area contributed by atoms with Crippen LogP contribution in [0.25, 0.3) is 11.2 Å². The summed E-state index contributed by atoms with van der Waals surface area (Å²) in [6.45, 7) is 3.63. The zero-order chi connectivity index (χ0) is 27.7. The van der Waals surface area contributed by atoms with Crippen molar-refractivity contribution in [2.75, 3.05) is 37.4 Å². The lowest BCUT2D eigenvalue weighted by Gasteiger charge is -2.29. The lowest BCUT2D eigenvalue weighted by Crippen LogP contribution is -2.42. The molecule has 13 nitrogen and oxygen atoms in total. The Morgan fingerprint density at radius 1 is 1.23 bits per heavy atom. The predicted octanol–water partition coefficient (Wildman–Crippen LogP) is 3.40. The van der Waals surface area contributed by atoms with E-state index in [9.17, 15) is 9.59 Å².